The van der Waals surface area contributed by atoms with Gasteiger partial charge in [-0.1, -0.05) is 0 Å². The molecule has 3 heterocycles. The first kappa shape index (κ1) is 17.5. The number of urea groups is 1. The summed E-state index contributed by atoms with van der Waals surface area (Å²) in [6.45, 7) is 0.875. The van der Waals surface area contributed by atoms with Crippen molar-refractivity contribution in [3.05, 3.63) is 60.2 Å². The van der Waals surface area contributed by atoms with Gasteiger partial charge in [-0.25, -0.2) is 4.79 Å². The molecule has 0 aliphatic carbocycles. The molecule has 1 aliphatic rings. The molecule has 1 saturated heterocycles. The number of amides is 4. The van der Waals surface area contributed by atoms with Crippen molar-refractivity contribution in [1.82, 2.24) is 25.5 Å². The second-order valence-corrected chi connectivity index (χ2v) is 6.01. The number of carbonyl (C=O) groups is 3. The van der Waals surface area contributed by atoms with Crippen LogP contribution in [0.4, 0.5) is 4.79 Å². The summed E-state index contributed by atoms with van der Waals surface area (Å²) in [6.07, 6.45) is 7.16. The summed E-state index contributed by atoms with van der Waals surface area (Å²) in [5.74, 6) is -0.481. The highest BCUT2D eigenvalue weighted by Gasteiger charge is 2.30. The lowest BCUT2D eigenvalue weighted by Crippen LogP contribution is -2.34. The smallest absolute Gasteiger partial charge is 0.322 e. The van der Waals surface area contributed by atoms with E-state index in [2.05, 4.69) is 20.6 Å². The maximum atomic E-state index is 12.7. The Morgan fingerprint density at radius 3 is 1.96 bits per heavy atom. The second kappa shape index (κ2) is 8.19. The number of nitrogens with one attached hydrogen (secondary N) is 2. The molecular formula is C18H19N5O3. The van der Waals surface area contributed by atoms with Gasteiger partial charge in [0.05, 0.1) is 0 Å². The van der Waals surface area contributed by atoms with Crippen LogP contribution in [0.3, 0.4) is 0 Å². The number of nitrogens with zero attached hydrogens (tertiary/aromatic N) is 3. The Kier molecular flexibility index (Phi) is 5.52. The van der Waals surface area contributed by atoms with Gasteiger partial charge in [-0.15, -0.1) is 0 Å². The molecule has 134 valence electrons. The number of rotatable bonds is 7. The summed E-state index contributed by atoms with van der Waals surface area (Å²) >= 11 is 0. The Bertz CT molecular complexity index is 740. The number of aromatic nitrogens is 2. The fourth-order valence-corrected chi connectivity index (χ4v) is 2.74. The molecule has 3 rings (SSSR count). The van der Waals surface area contributed by atoms with Crippen LogP contribution < -0.4 is 10.6 Å². The highest BCUT2D eigenvalue weighted by Crippen LogP contribution is 2.13. The zero-order valence-corrected chi connectivity index (χ0v) is 14.1. The topological polar surface area (TPSA) is 104 Å². The van der Waals surface area contributed by atoms with Crippen molar-refractivity contribution in [3.63, 3.8) is 0 Å². The predicted octanol–water partition coefficient (Wildman–Crippen LogP) is 0.994. The van der Waals surface area contributed by atoms with E-state index in [-0.39, 0.29) is 18.7 Å². The molecule has 0 aromatic carbocycles. The average Bonchev–Trinajstić information content (AvgIpc) is 2.98. The minimum absolute atomic E-state index is 0.0902. The van der Waals surface area contributed by atoms with Gasteiger partial charge in [-0.3, -0.25) is 24.9 Å². The third-order valence-electron chi connectivity index (χ3n) is 4.10. The first-order valence-electron chi connectivity index (χ1n) is 8.29. The SMILES string of the molecule is O=C1NC(=O)C(CCC(=O)N(Cc2ccncc2)Cc2ccncc2)N1. The van der Waals surface area contributed by atoms with E-state index in [0.717, 1.165) is 11.1 Å². The number of imide groups is 1. The monoisotopic (exact) mass is 353 g/mol. The van der Waals surface area contributed by atoms with E-state index in [9.17, 15) is 14.4 Å². The molecule has 2 N–H and O–H groups in total. The molecule has 0 radical (unpaired) electrons. The maximum Gasteiger partial charge on any atom is 0.322 e. The van der Waals surface area contributed by atoms with Gasteiger partial charge < -0.3 is 10.2 Å². The summed E-state index contributed by atoms with van der Waals surface area (Å²) in [5.41, 5.74) is 1.93. The van der Waals surface area contributed by atoms with Gasteiger partial charge in [0.2, 0.25) is 5.91 Å². The standard InChI is InChI=1S/C18H19N5O3/c24-16(2-1-15-17(25)22-18(26)21-15)23(11-13-3-7-19-8-4-13)12-14-5-9-20-10-6-14/h3-10,15H,1-2,11-12H2,(H2,21,22,25,26). The van der Waals surface area contributed by atoms with E-state index in [1.165, 1.54) is 0 Å². The first-order valence-corrected chi connectivity index (χ1v) is 8.29. The molecule has 26 heavy (non-hydrogen) atoms. The van der Waals surface area contributed by atoms with Crippen molar-refractivity contribution >= 4 is 17.8 Å². The van der Waals surface area contributed by atoms with Crippen LogP contribution in [0.25, 0.3) is 0 Å². The summed E-state index contributed by atoms with van der Waals surface area (Å²) in [4.78, 5) is 45.2. The van der Waals surface area contributed by atoms with Crippen LogP contribution in [0.1, 0.15) is 24.0 Å². The summed E-state index contributed by atoms with van der Waals surface area (Å²) in [7, 11) is 0. The van der Waals surface area contributed by atoms with E-state index in [1.54, 1.807) is 29.7 Å². The van der Waals surface area contributed by atoms with Crippen molar-refractivity contribution < 1.29 is 14.4 Å². The summed E-state index contributed by atoms with van der Waals surface area (Å²) < 4.78 is 0. The van der Waals surface area contributed by atoms with Crippen molar-refractivity contribution in [3.8, 4) is 0 Å². The Hall–Kier alpha value is -3.29. The van der Waals surface area contributed by atoms with E-state index in [1.807, 2.05) is 24.3 Å². The molecule has 1 aliphatic heterocycles. The van der Waals surface area contributed by atoms with Crippen LogP contribution in [-0.2, 0) is 22.7 Å². The third kappa shape index (κ3) is 4.62. The van der Waals surface area contributed by atoms with Crippen molar-refractivity contribution in [2.75, 3.05) is 0 Å². The lowest BCUT2D eigenvalue weighted by atomic mass is 10.1. The van der Waals surface area contributed by atoms with Gasteiger partial charge in [0.1, 0.15) is 6.04 Å². The molecule has 1 unspecified atom stereocenters. The molecule has 8 heteroatoms. The number of hydrogen-bond donors (Lipinski definition) is 2. The first-order chi connectivity index (χ1) is 12.6. The number of carbonyl (C=O) groups excluding carboxylic acids is 3. The van der Waals surface area contributed by atoms with Gasteiger partial charge in [-0.2, -0.15) is 0 Å². The molecule has 0 bridgehead atoms. The van der Waals surface area contributed by atoms with Crippen LogP contribution in [-0.4, -0.2) is 38.8 Å². The lowest BCUT2D eigenvalue weighted by molar-refractivity contribution is -0.132. The van der Waals surface area contributed by atoms with Gasteiger partial charge in [0, 0.05) is 44.3 Å². The minimum Gasteiger partial charge on any atom is -0.334 e. The summed E-state index contributed by atoms with van der Waals surface area (Å²) in [6, 6.07) is 6.26. The molecule has 4 amide bonds. The van der Waals surface area contributed by atoms with Gasteiger partial charge in [0.15, 0.2) is 0 Å². The van der Waals surface area contributed by atoms with E-state index < -0.39 is 18.0 Å². The van der Waals surface area contributed by atoms with E-state index in [4.69, 9.17) is 0 Å². The predicted molar refractivity (Wildman–Crippen MR) is 92.4 cm³/mol. The largest absolute Gasteiger partial charge is 0.334 e. The van der Waals surface area contributed by atoms with Crippen molar-refractivity contribution in [2.45, 2.75) is 32.0 Å². The molecule has 1 fully saturated rings. The van der Waals surface area contributed by atoms with Crippen LogP contribution in [0.15, 0.2) is 49.1 Å². The van der Waals surface area contributed by atoms with Crippen LogP contribution >= 0.6 is 0 Å². The Morgan fingerprint density at radius 2 is 1.50 bits per heavy atom. The van der Waals surface area contributed by atoms with Crippen LogP contribution in [0, 0.1) is 0 Å². The lowest BCUT2D eigenvalue weighted by Gasteiger charge is -2.23. The van der Waals surface area contributed by atoms with Crippen LogP contribution in [0.5, 0.6) is 0 Å². The molecule has 8 nitrogen and oxygen atoms in total. The fourth-order valence-electron chi connectivity index (χ4n) is 2.74. The number of pyridine rings is 2. The number of hydrogen-bond acceptors (Lipinski definition) is 5. The quantitative estimate of drug-likeness (QED) is 0.723. The van der Waals surface area contributed by atoms with Crippen LogP contribution in [0.2, 0.25) is 0 Å². The van der Waals surface area contributed by atoms with Gasteiger partial charge in [-0.05, 0) is 41.8 Å². The average molecular weight is 353 g/mol. The molecule has 2 aromatic rings. The van der Waals surface area contributed by atoms with Gasteiger partial charge in [0.25, 0.3) is 5.91 Å². The van der Waals surface area contributed by atoms with Gasteiger partial charge >= 0.3 is 6.03 Å². The highest BCUT2D eigenvalue weighted by atomic mass is 16.2. The Labute approximate surface area is 150 Å². The Balaban J connectivity index is 1.66. The molecular weight excluding hydrogens is 334 g/mol. The second-order valence-electron chi connectivity index (χ2n) is 6.01. The Morgan fingerprint density at radius 1 is 0.962 bits per heavy atom. The van der Waals surface area contributed by atoms with E-state index >= 15 is 0 Å². The third-order valence-corrected chi connectivity index (χ3v) is 4.10. The summed E-state index contributed by atoms with van der Waals surface area (Å²) in [5, 5.41) is 4.68. The highest BCUT2D eigenvalue weighted by molar-refractivity contribution is 6.04. The normalized spacial score (nSPS) is 16.1. The fraction of sp³-hybridized carbons (Fsp3) is 0.278. The zero-order valence-electron chi connectivity index (χ0n) is 14.1. The molecule has 0 saturated carbocycles. The molecule has 1 atom stereocenters. The van der Waals surface area contributed by atoms with Crippen molar-refractivity contribution in [1.29, 1.82) is 0 Å². The molecule has 2 aromatic heterocycles. The maximum absolute atomic E-state index is 12.7. The zero-order chi connectivity index (χ0) is 18.4. The van der Waals surface area contributed by atoms with E-state index in [0.29, 0.717) is 13.1 Å². The van der Waals surface area contributed by atoms with Crippen molar-refractivity contribution in [2.24, 2.45) is 0 Å². The molecule has 0 spiro atoms. The minimum atomic E-state index is -0.657.